The van der Waals surface area contributed by atoms with Gasteiger partial charge in [0.2, 0.25) is 0 Å². The zero-order chi connectivity index (χ0) is 9.94. The van der Waals surface area contributed by atoms with Crippen LogP contribution in [-0.2, 0) is 9.47 Å². The molecule has 0 amide bonds. The number of ether oxygens (including phenoxy) is 2. The molecular weight excluding hydrogens is 168 g/mol. The largest absolute Gasteiger partial charge is 0.393 e. The van der Waals surface area contributed by atoms with E-state index in [4.69, 9.17) is 9.47 Å². The molecule has 0 aromatic carbocycles. The Bertz CT molecular complexity index is 96.2. The Morgan fingerprint density at radius 1 is 1.15 bits per heavy atom. The fraction of sp³-hybridized carbons (Fsp3) is 1.00. The van der Waals surface area contributed by atoms with Gasteiger partial charge in [-0.1, -0.05) is 19.8 Å². The minimum absolute atomic E-state index is 0.192. The maximum Gasteiger partial charge on any atom is 0.0700 e. The van der Waals surface area contributed by atoms with Gasteiger partial charge in [0, 0.05) is 13.7 Å². The highest BCUT2D eigenvalue weighted by Crippen LogP contribution is 2.03. The highest BCUT2D eigenvalue weighted by atomic mass is 16.5. The van der Waals surface area contributed by atoms with E-state index >= 15 is 0 Å². The number of rotatable bonds is 9. The van der Waals surface area contributed by atoms with Crippen LogP contribution < -0.4 is 0 Å². The molecule has 13 heavy (non-hydrogen) atoms. The summed E-state index contributed by atoms with van der Waals surface area (Å²) < 4.78 is 10.1. The van der Waals surface area contributed by atoms with E-state index < -0.39 is 0 Å². The van der Waals surface area contributed by atoms with Gasteiger partial charge in [0.15, 0.2) is 0 Å². The van der Waals surface area contributed by atoms with Gasteiger partial charge in [0.05, 0.1) is 19.3 Å². The predicted octanol–water partition coefficient (Wildman–Crippen LogP) is 1.59. The Morgan fingerprint density at radius 2 is 1.92 bits per heavy atom. The minimum Gasteiger partial charge on any atom is -0.393 e. The van der Waals surface area contributed by atoms with Crippen LogP contribution in [0.15, 0.2) is 0 Å². The predicted molar refractivity (Wildman–Crippen MR) is 52.8 cm³/mol. The van der Waals surface area contributed by atoms with Crippen LogP contribution in [0.4, 0.5) is 0 Å². The van der Waals surface area contributed by atoms with E-state index in [2.05, 4.69) is 6.92 Å². The highest BCUT2D eigenvalue weighted by Gasteiger charge is 2.02. The SMILES string of the molecule is CCCCC(O)CCOCCOC. The van der Waals surface area contributed by atoms with Crippen LogP contribution in [0.5, 0.6) is 0 Å². The lowest BCUT2D eigenvalue weighted by Crippen LogP contribution is -2.12. The van der Waals surface area contributed by atoms with Gasteiger partial charge in [-0.25, -0.2) is 0 Å². The molecule has 0 rings (SSSR count). The first-order valence-electron chi connectivity index (χ1n) is 5.06. The van der Waals surface area contributed by atoms with Gasteiger partial charge in [0.1, 0.15) is 0 Å². The molecule has 0 aliphatic rings. The van der Waals surface area contributed by atoms with Gasteiger partial charge in [-0.3, -0.25) is 0 Å². The van der Waals surface area contributed by atoms with Crippen molar-refractivity contribution in [1.29, 1.82) is 0 Å². The van der Waals surface area contributed by atoms with Crippen LogP contribution in [0.3, 0.4) is 0 Å². The Balaban J connectivity index is 3.03. The molecular formula is C10H22O3. The van der Waals surface area contributed by atoms with E-state index in [1.807, 2.05) is 0 Å². The highest BCUT2D eigenvalue weighted by molar-refractivity contribution is 4.54. The summed E-state index contributed by atoms with van der Waals surface area (Å²) >= 11 is 0. The van der Waals surface area contributed by atoms with Gasteiger partial charge in [0.25, 0.3) is 0 Å². The topological polar surface area (TPSA) is 38.7 Å². The third-order valence-electron chi connectivity index (χ3n) is 1.92. The van der Waals surface area contributed by atoms with E-state index in [-0.39, 0.29) is 6.10 Å². The lowest BCUT2D eigenvalue weighted by atomic mass is 10.1. The van der Waals surface area contributed by atoms with Gasteiger partial charge in [-0.15, -0.1) is 0 Å². The van der Waals surface area contributed by atoms with Crippen molar-refractivity contribution in [2.75, 3.05) is 26.9 Å². The number of methoxy groups -OCH3 is 1. The van der Waals surface area contributed by atoms with Gasteiger partial charge in [-0.2, -0.15) is 0 Å². The molecule has 0 aromatic rings. The molecule has 80 valence electrons. The van der Waals surface area contributed by atoms with E-state index in [1.54, 1.807) is 7.11 Å². The van der Waals surface area contributed by atoms with Crippen molar-refractivity contribution in [1.82, 2.24) is 0 Å². The quantitative estimate of drug-likeness (QED) is 0.561. The molecule has 1 unspecified atom stereocenters. The van der Waals surface area contributed by atoms with E-state index in [0.717, 1.165) is 25.7 Å². The van der Waals surface area contributed by atoms with Crippen molar-refractivity contribution in [3.63, 3.8) is 0 Å². The summed E-state index contributed by atoms with van der Waals surface area (Å²) in [4.78, 5) is 0. The zero-order valence-electron chi connectivity index (χ0n) is 8.79. The number of aliphatic hydroxyl groups is 1. The van der Waals surface area contributed by atoms with Gasteiger partial charge >= 0.3 is 0 Å². The van der Waals surface area contributed by atoms with Crippen LogP contribution in [0, 0.1) is 0 Å². The normalized spacial score (nSPS) is 13.2. The first kappa shape index (κ1) is 12.9. The Hall–Kier alpha value is -0.120. The average molecular weight is 190 g/mol. The molecule has 3 heteroatoms. The number of aliphatic hydroxyl groups excluding tert-OH is 1. The lowest BCUT2D eigenvalue weighted by Gasteiger charge is -2.09. The molecule has 0 fully saturated rings. The maximum absolute atomic E-state index is 9.43. The summed E-state index contributed by atoms with van der Waals surface area (Å²) in [7, 11) is 1.65. The van der Waals surface area contributed by atoms with Crippen LogP contribution in [0.25, 0.3) is 0 Å². The summed E-state index contributed by atoms with van der Waals surface area (Å²) in [6.07, 6.45) is 3.68. The van der Waals surface area contributed by atoms with Crippen molar-refractivity contribution < 1.29 is 14.6 Å². The van der Waals surface area contributed by atoms with Crippen molar-refractivity contribution in [2.24, 2.45) is 0 Å². The van der Waals surface area contributed by atoms with Crippen LogP contribution in [0.2, 0.25) is 0 Å². The molecule has 1 N–H and O–H groups in total. The second-order valence-electron chi connectivity index (χ2n) is 3.19. The number of hydrogen-bond donors (Lipinski definition) is 1. The van der Waals surface area contributed by atoms with Crippen LogP contribution >= 0.6 is 0 Å². The lowest BCUT2D eigenvalue weighted by molar-refractivity contribution is 0.0455. The van der Waals surface area contributed by atoms with Crippen molar-refractivity contribution in [3.8, 4) is 0 Å². The van der Waals surface area contributed by atoms with Crippen LogP contribution in [0.1, 0.15) is 32.6 Å². The van der Waals surface area contributed by atoms with Gasteiger partial charge in [-0.05, 0) is 12.8 Å². The smallest absolute Gasteiger partial charge is 0.0700 e. The fourth-order valence-corrected chi connectivity index (χ4v) is 1.05. The molecule has 0 spiro atoms. The first-order chi connectivity index (χ1) is 6.31. The molecule has 1 atom stereocenters. The van der Waals surface area contributed by atoms with Crippen molar-refractivity contribution in [3.05, 3.63) is 0 Å². The van der Waals surface area contributed by atoms with E-state index in [9.17, 15) is 5.11 Å². The Labute approximate surface area is 81.0 Å². The average Bonchev–Trinajstić information content (AvgIpc) is 2.14. The van der Waals surface area contributed by atoms with E-state index in [1.165, 1.54) is 0 Å². The summed E-state index contributed by atoms with van der Waals surface area (Å²) in [5, 5.41) is 9.43. The van der Waals surface area contributed by atoms with E-state index in [0.29, 0.717) is 19.8 Å². The molecule has 0 saturated carbocycles. The molecule has 0 saturated heterocycles. The third kappa shape index (κ3) is 9.80. The maximum atomic E-state index is 9.43. The molecule has 0 heterocycles. The fourth-order valence-electron chi connectivity index (χ4n) is 1.05. The molecule has 0 aliphatic heterocycles. The standard InChI is InChI=1S/C10H22O3/c1-3-4-5-10(11)6-7-13-9-8-12-2/h10-11H,3-9H2,1-2H3. The molecule has 0 bridgehead atoms. The summed E-state index contributed by atoms with van der Waals surface area (Å²) in [6.45, 7) is 4.01. The van der Waals surface area contributed by atoms with Crippen molar-refractivity contribution in [2.45, 2.75) is 38.7 Å². The molecule has 3 nitrogen and oxygen atoms in total. The van der Waals surface area contributed by atoms with Crippen molar-refractivity contribution >= 4 is 0 Å². The Kier molecular flexibility index (Phi) is 9.87. The number of hydrogen-bond acceptors (Lipinski definition) is 3. The Morgan fingerprint density at radius 3 is 2.54 bits per heavy atom. The third-order valence-corrected chi connectivity index (χ3v) is 1.92. The second-order valence-corrected chi connectivity index (χ2v) is 3.19. The zero-order valence-corrected chi connectivity index (χ0v) is 8.79. The number of unbranched alkanes of at least 4 members (excludes halogenated alkanes) is 1. The van der Waals surface area contributed by atoms with Gasteiger partial charge < -0.3 is 14.6 Å². The minimum atomic E-state index is -0.192. The summed E-state index contributed by atoms with van der Waals surface area (Å²) in [5.74, 6) is 0. The molecule has 0 radical (unpaired) electrons. The summed E-state index contributed by atoms with van der Waals surface area (Å²) in [5.41, 5.74) is 0. The second kappa shape index (κ2) is 9.96. The first-order valence-corrected chi connectivity index (χ1v) is 5.06. The van der Waals surface area contributed by atoms with Crippen LogP contribution in [-0.4, -0.2) is 38.1 Å². The monoisotopic (exact) mass is 190 g/mol. The molecule has 0 aliphatic carbocycles. The molecule has 0 aromatic heterocycles. The summed E-state index contributed by atoms with van der Waals surface area (Å²) in [6, 6.07) is 0.